The Labute approximate surface area is 234 Å². The van der Waals surface area contributed by atoms with Crippen LogP contribution in [0.3, 0.4) is 0 Å². The van der Waals surface area contributed by atoms with Crippen molar-refractivity contribution in [2.24, 2.45) is 0 Å². The van der Waals surface area contributed by atoms with Gasteiger partial charge in [-0.15, -0.1) is 0 Å². The first-order valence-corrected chi connectivity index (χ1v) is 14.3. The molecule has 0 radical (unpaired) electrons. The van der Waals surface area contributed by atoms with Crippen LogP contribution in [0.5, 0.6) is 5.75 Å². The Bertz CT molecular complexity index is 944. The molecule has 0 atom stereocenters. The van der Waals surface area contributed by atoms with Gasteiger partial charge in [-0.25, -0.2) is 0 Å². The zero-order valence-electron chi connectivity index (χ0n) is 22.3. The van der Waals surface area contributed by atoms with Crippen LogP contribution < -0.4 is 15.0 Å². The number of thiol groups is 2. The van der Waals surface area contributed by atoms with Crippen LogP contribution in [0.4, 0.5) is 5.69 Å². The zero-order chi connectivity index (χ0) is 26.7. The van der Waals surface area contributed by atoms with E-state index in [0.717, 1.165) is 86.1 Å². The van der Waals surface area contributed by atoms with Crippen molar-refractivity contribution in [3.63, 3.8) is 0 Å². The molecule has 0 saturated carbocycles. The Hall–Kier alpha value is -2.19. The van der Waals surface area contributed by atoms with E-state index >= 15 is 0 Å². The number of unbranched alkanes of at least 4 members (excludes halogenated alkanes) is 2. The Balaban J connectivity index is 1.65. The molecule has 2 aromatic carbocycles. The Morgan fingerprint density at radius 1 is 0.811 bits per heavy atom. The maximum atomic E-state index is 12.2. The summed E-state index contributed by atoms with van der Waals surface area (Å²) in [6.45, 7) is 5.84. The Kier molecular flexibility index (Phi) is 15.9. The van der Waals surface area contributed by atoms with E-state index in [-0.39, 0.29) is 5.78 Å². The van der Waals surface area contributed by atoms with Crippen molar-refractivity contribution < 1.29 is 9.53 Å². The molecule has 0 unspecified atom stereocenters. The van der Waals surface area contributed by atoms with E-state index in [2.05, 4.69) is 35.5 Å². The number of anilines is 1. The van der Waals surface area contributed by atoms with Gasteiger partial charge in [0.15, 0.2) is 5.78 Å². The van der Waals surface area contributed by atoms with Gasteiger partial charge >= 0.3 is 0 Å². The minimum absolute atomic E-state index is 0.0427. The average molecular weight is 542 g/mol. The molecule has 5 nitrogen and oxygen atoms in total. The molecule has 0 bridgehead atoms. The average Bonchev–Trinajstić information content (AvgIpc) is 2.91. The number of nitrogens with one attached hydrogen (secondary N) is 1. The lowest BCUT2D eigenvalue weighted by Crippen LogP contribution is -2.34. The molecular formula is C30H43N3O2S2. The summed E-state index contributed by atoms with van der Waals surface area (Å²) in [6.07, 6.45) is 10.2. The maximum Gasteiger partial charge on any atom is 0.178 e. The molecule has 2 rings (SSSR count). The molecule has 0 spiro atoms. The SMILES string of the molecule is CN(C)c1ccc(/C=C/C(=O)/C=C/c2ccc(OCCCCCN(CCS)CCNCCS)cc2)cc1. The lowest BCUT2D eigenvalue weighted by Gasteiger charge is -2.21. The van der Waals surface area contributed by atoms with Crippen LogP contribution in [0.1, 0.15) is 30.4 Å². The standard InChI is InChI=1S/C30H43N3O2S2/c1-32(2)28-12-6-26(7-13-28)8-14-29(34)15-9-27-10-16-30(17-11-27)35-23-5-3-4-20-33(22-25-37)21-18-31-19-24-36/h6-17,31,36-37H,3-5,18-25H2,1-2H3/b14-8+,15-9+. The van der Waals surface area contributed by atoms with Gasteiger partial charge in [0.1, 0.15) is 5.75 Å². The van der Waals surface area contributed by atoms with Crippen molar-refractivity contribution in [1.82, 2.24) is 10.2 Å². The number of hydrogen-bond donors (Lipinski definition) is 3. The topological polar surface area (TPSA) is 44.8 Å². The molecule has 0 heterocycles. The normalized spacial score (nSPS) is 11.6. The van der Waals surface area contributed by atoms with Crippen LogP contribution in [-0.4, -0.2) is 75.6 Å². The first-order chi connectivity index (χ1) is 18.0. The van der Waals surface area contributed by atoms with Gasteiger partial charge in [0.25, 0.3) is 0 Å². The minimum atomic E-state index is -0.0427. The molecular weight excluding hydrogens is 498 g/mol. The smallest absolute Gasteiger partial charge is 0.178 e. The quantitative estimate of drug-likeness (QED) is 0.127. The number of rotatable bonds is 19. The van der Waals surface area contributed by atoms with Crippen LogP contribution in [-0.2, 0) is 4.79 Å². The number of nitrogens with zero attached hydrogens (tertiary/aromatic N) is 2. The maximum absolute atomic E-state index is 12.2. The van der Waals surface area contributed by atoms with Crippen LogP contribution in [0, 0.1) is 0 Å². The van der Waals surface area contributed by atoms with E-state index in [9.17, 15) is 4.79 Å². The molecule has 0 aliphatic rings. The van der Waals surface area contributed by atoms with Crippen molar-refractivity contribution in [3.8, 4) is 5.75 Å². The van der Waals surface area contributed by atoms with Crippen LogP contribution in [0.2, 0.25) is 0 Å². The van der Waals surface area contributed by atoms with Gasteiger partial charge in [-0.2, -0.15) is 25.3 Å². The van der Waals surface area contributed by atoms with Gasteiger partial charge in [0, 0.05) is 57.5 Å². The van der Waals surface area contributed by atoms with Gasteiger partial charge < -0.3 is 19.9 Å². The fourth-order valence-corrected chi connectivity index (χ4v) is 4.13. The van der Waals surface area contributed by atoms with E-state index < -0.39 is 0 Å². The largest absolute Gasteiger partial charge is 0.494 e. The highest BCUT2D eigenvalue weighted by Gasteiger charge is 2.03. The number of carbonyl (C=O) groups is 1. The molecule has 0 saturated heterocycles. The van der Waals surface area contributed by atoms with Crippen LogP contribution in [0.15, 0.2) is 60.7 Å². The summed E-state index contributed by atoms with van der Waals surface area (Å²) in [5, 5.41) is 3.40. The monoisotopic (exact) mass is 541 g/mol. The number of carbonyl (C=O) groups excluding carboxylic acids is 1. The van der Waals surface area contributed by atoms with Crippen LogP contribution >= 0.6 is 25.3 Å². The van der Waals surface area contributed by atoms with E-state index in [0.29, 0.717) is 6.61 Å². The van der Waals surface area contributed by atoms with Gasteiger partial charge in [0.05, 0.1) is 6.61 Å². The highest BCUT2D eigenvalue weighted by molar-refractivity contribution is 7.80. The van der Waals surface area contributed by atoms with Crippen molar-refractivity contribution in [1.29, 1.82) is 0 Å². The number of allylic oxidation sites excluding steroid dienone is 2. The molecule has 1 N–H and O–H groups in total. The second-order valence-electron chi connectivity index (χ2n) is 9.07. The Morgan fingerprint density at radius 3 is 2.05 bits per heavy atom. The summed E-state index contributed by atoms with van der Waals surface area (Å²) in [5.41, 5.74) is 3.10. The highest BCUT2D eigenvalue weighted by Crippen LogP contribution is 2.15. The van der Waals surface area contributed by atoms with E-state index in [4.69, 9.17) is 4.74 Å². The summed E-state index contributed by atoms with van der Waals surface area (Å²) in [7, 11) is 4.01. The highest BCUT2D eigenvalue weighted by atomic mass is 32.1. The lowest BCUT2D eigenvalue weighted by molar-refractivity contribution is -0.110. The molecule has 37 heavy (non-hydrogen) atoms. The third-order valence-corrected chi connectivity index (χ3v) is 6.29. The number of benzene rings is 2. The van der Waals surface area contributed by atoms with E-state index in [1.54, 1.807) is 12.2 Å². The van der Waals surface area contributed by atoms with Crippen LogP contribution in [0.25, 0.3) is 12.2 Å². The summed E-state index contributed by atoms with van der Waals surface area (Å²) in [5.74, 6) is 2.57. The predicted octanol–water partition coefficient (Wildman–Crippen LogP) is 5.35. The first-order valence-electron chi connectivity index (χ1n) is 13.1. The molecule has 7 heteroatoms. The van der Waals surface area contributed by atoms with E-state index in [1.807, 2.05) is 79.7 Å². The van der Waals surface area contributed by atoms with Crippen molar-refractivity contribution >= 4 is 48.9 Å². The fraction of sp³-hybridized carbons (Fsp3) is 0.433. The molecule has 0 fully saturated rings. The molecule has 0 aliphatic carbocycles. The summed E-state index contributed by atoms with van der Waals surface area (Å²) in [6, 6.07) is 15.9. The summed E-state index contributed by atoms with van der Waals surface area (Å²) >= 11 is 8.61. The molecule has 0 amide bonds. The van der Waals surface area contributed by atoms with Gasteiger partial charge in [0.2, 0.25) is 0 Å². The van der Waals surface area contributed by atoms with Crippen molar-refractivity contribution in [3.05, 3.63) is 71.8 Å². The number of ketones is 1. The second kappa shape index (κ2) is 19.0. The Morgan fingerprint density at radius 2 is 1.46 bits per heavy atom. The second-order valence-corrected chi connectivity index (χ2v) is 9.97. The first kappa shape index (κ1) is 31.0. The van der Waals surface area contributed by atoms with Gasteiger partial charge in [-0.3, -0.25) is 4.79 Å². The molecule has 202 valence electrons. The van der Waals surface area contributed by atoms with E-state index in [1.165, 1.54) is 0 Å². The lowest BCUT2D eigenvalue weighted by atomic mass is 10.1. The number of hydrogen-bond acceptors (Lipinski definition) is 7. The zero-order valence-corrected chi connectivity index (χ0v) is 24.1. The molecule has 0 aliphatic heterocycles. The molecule has 0 aromatic heterocycles. The molecule has 2 aromatic rings. The third-order valence-electron chi connectivity index (χ3n) is 5.87. The number of ether oxygens (including phenoxy) is 1. The van der Waals surface area contributed by atoms with Crippen molar-refractivity contribution in [2.45, 2.75) is 19.3 Å². The summed E-state index contributed by atoms with van der Waals surface area (Å²) in [4.78, 5) is 16.7. The van der Waals surface area contributed by atoms with Gasteiger partial charge in [-0.05, 0) is 73.4 Å². The van der Waals surface area contributed by atoms with Crippen molar-refractivity contribution in [2.75, 3.05) is 69.8 Å². The fourth-order valence-electron chi connectivity index (χ4n) is 3.69. The van der Waals surface area contributed by atoms with Gasteiger partial charge in [-0.1, -0.05) is 36.4 Å². The third kappa shape index (κ3) is 13.8. The summed E-state index contributed by atoms with van der Waals surface area (Å²) < 4.78 is 5.90. The minimum Gasteiger partial charge on any atom is -0.494 e. The predicted molar refractivity (Wildman–Crippen MR) is 167 cm³/mol.